The summed E-state index contributed by atoms with van der Waals surface area (Å²) in [5.74, 6) is 0.955. The van der Waals surface area contributed by atoms with Crippen molar-refractivity contribution in [3.8, 4) is 0 Å². The van der Waals surface area contributed by atoms with Gasteiger partial charge in [-0.25, -0.2) is 9.50 Å². The fourth-order valence-corrected chi connectivity index (χ4v) is 1.71. The van der Waals surface area contributed by atoms with Crippen LogP contribution in [-0.4, -0.2) is 19.6 Å². The van der Waals surface area contributed by atoms with Crippen molar-refractivity contribution >= 4 is 28.2 Å². The summed E-state index contributed by atoms with van der Waals surface area (Å²) >= 11 is 5.70. The molecule has 3 rings (SSSR count). The number of pyridine rings is 2. The Morgan fingerprint density at radius 1 is 1.33 bits per heavy atom. The summed E-state index contributed by atoms with van der Waals surface area (Å²) in [6.45, 7) is 0. The van der Waals surface area contributed by atoms with E-state index in [1.807, 2.05) is 24.4 Å². The molecule has 0 unspecified atom stereocenters. The minimum atomic E-state index is 0.323. The highest BCUT2D eigenvalue weighted by Gasteiger charge is 2.06. The van der Waals surface area contributed by atoms with Crippen molar-refractivity contribution in [2.45, 2.75) is 5.88 Å². The number of hydrogen-bond acceptors (Lipinski definition) is 3. The molecule has 4 nitrogen and oxygen atoms in total. The van der Waals surface area contributed by atoms with Gasteiger partial charge in [-0.1, -0.05) is 0 Å². The molecule has 0 saturated heterocycles. The maximum Gasteiger partial charge on any atom is 0.166 e. The molecule has 0 aromatic carbocycles. The van der Waals surface area contributed by atoms with Gasteiger partial charge in [0.15, 0.2) is 11.5 Å². The topological polar surface area (TPSA) is 43.1 Å². The lowest BCUT2D eigenvalue weighted by molar-refractivity contribution is 0.925. The Hall–Kier alpha value is -1.68. The zero-order valence-electron chi connectivity index (χ0n) is 7.76. The van der Waals surface area contributed by atoms with Gasteiger partial charge in [-0.3, -0.25) is 4.98 Å². The quantitative estimate of drug-likeness (QED) is 0.587. The van der Waals surface area contributed by atoms with Crippen LogP contribution in [0, 0.1) is 0 Å². The molecule has 0 amide bonds. The lowest BCUT2D eigenvalue weighted by atomic mass is 10.2. The number of hydrogen-bond donors (Lipinski definition) is 0. The SMILES string of the molecule is ClCc1nc2c3cccnc3ccn2n1. The van der Waals surface area contributed by atoms with Crippen molar-refractivity contribution in [1.82, 2.24) is 19.6 Å². The summed E-state index contributed by atoms with van der Waals surface area (Å²) in [5, 5.41) is 5.22. The van der Waals surface area contributed by atoms with E-state index in [0.29, 0.717) is 11.7 Å². The monoisotopic (exact) mass is 218 g/mol. The first-order chi connectivity index (χ1) is 7.38. The van der Waals surface area contributed by atoms with Crippen LogP contribution in [0.2, 0.25) is 0 Å². The number of aromatic nitrogens is 4. The molecule has 0 aliphatic carbocycles. The normalized spacial score (nSPS) is 11.3. The maximum atomic E-state index is 5.70. The lowest BCUT2D eigenvalue weighted by Gasteiger charge is -1.96. The van der Waals surface area contributed by atoms with Crippen molar-refractivity contribution in [1.29, 1.82) is 0 Å². The van der Waals surface area contributed by atoms with E-state index in [-0.39, 0.29) is 0 Å². The van der Waals surface area contributed by atoms with E-state index in [2.05, 4.69) is 15.1 Å². The molecule has 74 valence electrons. The maximum absolute atomic E-state index is 5.70. The third-order valence-electron chi connectivity index (χ3n) is 2.25. The molecule has 0 saturated carbocycles. The highest BCUT2D eigenvalue weighted by atomic mass is 35.5. The predicted octanol–water partition coefficient (Wildman–Crippen LogP) is 2.02. The molecule has 0 aliphatic rings. The van der Waals surface area contributed by atoms with Crippen LogP contribution in [0.5, 0.6) is 0 Å². The fourth-order valence-electron chi connectivity index (χ4n) is 1.59. The summed E-state index contributed by atoms with van der Waals surface area (Å²) in [5.41, 5.74) is 1.72. The highest BCUT2D eigenvalue weighted by molar-refractivity contribution is 6.16. The molecule has 3 aromatic heterocycles. The molecular formula is C10H7ClN4. The summed E-state index contributed by atoms with van der Waals surface area (Å²) in [6.07, 6.45) is 3.60. The second-order valence-corrected chi connectivity index (χ2v) is 3.45. The van der Waals surface area contributed by atoms with Crippen LogP contribution in [0.3, 0.4) is 0 Å². The van der Waals surface area contributed by atoms with Gasteiger partial charge in [-0.05, 0) is 18.2 Å². The number of rotatable bonds is 1. The van der Waals surface area contributed by atoms with Gasteiger partial charge < -0.3 is 0 Å². The Balaban J connectivity index is 2.47. The molecule has 0 N–H and O–H groups in total. The third kappa shape index (κ3) is 1.26. The first-order valence-electron chi connectivity index (χ1n) is 4.53. The van der Waals surface area contributed by atoms with Crippen LogP contribution < -0.4 is 0 Å². The first-order valence-corrected chi connectivity index (χ1v) is 5.07. The Morgan fingerprint density at radius 2 is 2.27 bits per heavy atom. The molecule has 3 heterocycles. The Morgan fingerprint density at radius 3 is 3.13 bits per heavy atom. The van der Waals surface area contributed by atoms with Gasteiger partial charge in [-0.15, -0.1) is 16.7 Å². The van der Waals surface area contributed by atoms with Gasteiger partial charge in [0, 0.05) is 17.8 Å². The number of alkyl halides is 1. The first kappa shape index (κ1) is 8.61. The van der Waals surface area contributed by atoms with E-state index >= 15 is 0 Å². The van der Waals surface area contributed by atoms with Crippen molar-refractivity contribution in [2.24, 2.45) is 0 Å². The average Bonchev–Trinajstić information content (AvgIpc) is 2.72. The van der Waals surface area contributed by atoms with E-state index in [0.717, 1.165) is 16.6 Å². The van der Waals surface area contributed by atoms with Gasteiger partial charge in [0.05, 0.1) is 11.4 Å². The molecule has 0 bridgehead atoms. The van der Waals surface area contributed by atoms with Crippen molar-refractivity contribution < 1.29 is 0 Å². The van der Waals surface area contributed by atoms with Crippen molar-refractivity contribution in [3.05, 3.63) is 36.4 Å². The second kappa shape index (κ2) is 3.17. The average molecular weight is 219 g/mol. The Labute approximate surface area is 90.5 Å². The van der Waals surface area contributed by atoms with Gasteiger partial charge in [0.2, 0.25) is 0 Å². The van der Waals surface area contributed by atoms with Crippen LogP contribution in [0.15, 0.2) is 30.6 Å². The molecule has 3 aromatic rings. The molecule has 15 heavy (non-hydrogen) atoms. The van der Waals surface area contributed by atoms with Crippen LogP contribution in [0.4, 0.5) is 0 Å². The zero-order valence-corrected chi connectivity index (χ0v) is 8.52. The Bertz CT molecular complexity index is 631. The molecular weight excluding hydrogens is 212 g/mol. The van der Waals surface area contributed by atoms with Crippen LogP contribution >= 0.6 is 11.6 Å². The minimum Gasteiger partial charge on any atom is -0.256 e. The molecule has 0 radical (unpaired) electrons. The third-order valence-corrected chi connectivity index (χ3v) is 2.49. The molecule has 0 aliphatic heterocycles. The van der Waals surface area contributed by atoms with Crippen molar-refractivity contribution in [2.75, 3.05) is 0 Å². The van der Waals surface area contributed by atoms with Gasteiger partial charge in [-0.2, -0.15) is 0 Å². The molecule has 0 atom stereocenters. The molecule has 0 fully saturated rings. The highest BCUT2D eigenvalue weighted by Crippen LogP contribution is 2.16. The summed E-state index contributed by atoms with van der Waals surface area (Å²) in [4.78, 5) is 8.59. The van der Waals surface area contributed by atoms with Crippen molar-refractivity contribution in [3.63, 3.8) is 0 Å². The summed E-state index contributed by atoms with van der Waals surface area (Å²) in [7, 11) is 0. The van der Waals surface area contributed by atoms with Crippen LogP contribution in [0.25, 0.3) is 16.6 Å². The fraction of sp³-hybridized carbons (Fsp3) is 0.100. The minimum absolute atomic E-state index is 0.323. The predicted molar refractivity (Wildman–Crippen MR) is 57.8 cm³/mol. The van der Waals surface area contributed by atoms with Gasteiger partial charge in [0.1, 0.15) is 0 Å². The Kier molecular flexibility index (Phi) is 1.82. The molecule has 5 heteroatoms. The summed E-state index contributed by atoms with van der Waals surface area (Å²) < 4.78 is 1.72. The smallest absolute Gasteiger partial charge is 0.166 e. The van der Waals surface area contributed by atoms with Gasteiger partial charge in [0.25, 0.3) is 0 Å². The number of nitrogens with zero attached hydrogens (tertiary/aromatic N) is 4. The van der Waals surface area contributed by atoms with Gasteiger partial charge >= 0.3 is 0 Å². The lowest BCUT2D eigenvalue weighted by Crippen LogP contribution is -1.88. The second-order valence-electron chi connectivity index (χ2n) is 3.18. The summed E-state index contributed by atoms with van der Waals surface area (Å²) in [6, 6.07) is 5.77. The number of halogens is 1. The van der Waals surface area contributed by atoms with E-state index in [9.17, 15) is 0 Å². The zero-order chi connectivity index (χ0) is 10.3. The van der Waals surface area contributed by atoms with Crippen LogP contribution in [0.1, 0.15) is 5.82 Å². The number of fused-ring (bicyclic) bond motifs is 3. The van der Waals surface area contributed by atoms with E-state index in [1.54, 1.807) is 10.7 Å². The van der Waals surface area contributed by atoms with E-state index in [4.69, 9.17) is 11.6 Å². The largest absolute Gasteiger partial charge is 0.256 e. The van der Waals surface area contributed by atoms with Crippen LogP contribution in [-0.2, 0) is 5.88 Å². The standard InChI is InChI=1S/C10H7ClN4/c11-6-9-13-10-7-2-1-4-12-8(7)3-5-15(10)14-9/h1-5H,6H2. The van der Waals surface area contributed by atoms with E-state index < -0.39 is 0 Å². The van der Waals surface area contributed by atoms with E-state index in [1.165, 1.54) is 0 Å². The molecule has 0 spiro atoms.